The zero-order valence-electron chi connectivity index (χ0n) is 21.5. The Morgan fingerprint density at radius 3 is 2.41 bits per heavy atom. The highest BCUT2D eigenvalue weighted by Crippen LogP contribution is 2.32. The molecule has 0 bridgehead atoms. The van der Waals surface area contributed by atoms with Gasteiger partial charge in [-0.2, -0.15) is 4.99 Å². The number of aromatic nitrogens is 3. The number of halogens is 3. The summed E-state index contributed by atoms with van der Waals surface area (Å²) in [6.07, 6.45) is -3.34. The van der Waals surface area contributed by atoms with E-state index in [1.165, 1.54) is 51.9 Å². The highest BCUT2D eigenvalue weighted by molar-refractivity contribution is 8.15. The van der Waals surface area contributed by atoms with Gasteiger partial charge in [0.05, 0.1) is 24.2 Å². The molecule has 0 saturated carbocycles. The molecule has 1 saturated heterocycles. The first kappa shape index (κ1) is 27.7. The number of carbonyl (C=O) groups is 2. The fourth-order valence-corrected chi connectivity index (χ4v) is 4.81. The molecule has 14 heteroatoms. The SMILES string of the molecule is COc1ccc(N2C(=O)CS/C2=N\C(=O)Nc2ccc(-c3ncn(-c4ccc(OC(F)(F)F)cc4)n3)cc2)c(C)c1. The number of aliphatic imine (C=N–C) groups is 1. The quantitative estimate of drug-likeness (QED) is 0.305. The number of amidine groups is 1. The van der Waals surface area contributed by atoms with Gasteiger partial charge >= 0.3 is 12.4 Å². The largest absolute Gasteiger partial charge is 0.573 e. The van der Waals surface area contributed by atoms with Crippen LogP contribution >= 0.6 is 11.8 Å². The predicted molar refractivity (Wildman–Crippen MR) is 148 cm³/mol. The van der Waals surface area contributed by atoms with E-state index in [1.54, 1.807) is 49.6 Å². The molecule has 41 heavy (non-hydrogen) atoms. The van der Waals surface area contributed by atoms with Crippen molar-refractivity contribution in [3.63, 3.8) is 0 Å². The number of urea groups is 1. The molecule has 1 fully saturated rings. The Hall–Kier alpha value is -4.85. The molecule has 1 aromatic heterocycles. The highest BCUT2D eigenvalue weighted by Gasteiger charge is 2.32. The molecule has 0 radical (unpaired) electrons. The van der Waals surface area contributed by atoms with Gasteiger partial charge in [-0.1, -0.05) is 11.8 Å². The topological polar surface area (TPSA) is 111 Å². The Morgan fingerprint density at radius 2 is 1.76 bits per heavy atom. The summed E-state index contributed by atoms with van der Waals surface area (Å²) >= 11 is 1.17. The fourth-order valence-electron chi connectivity index (χ4n) is 3.95. The summed E-state index contributed by atoms with van der Waals surface area (Å²) in [4.78, 5) is 35.0. The van der Waals surface area contributed by atoms with Crippen molar-refractivity contribution in [3.8, 4) is 28.6 Å². The van der Waals surface area contributed by atoms with Gasteiger partial charge in [0.25, 0.3) is 0 Å². The number of nitrogens with one attached hydrogen (secondary N) is 1. The number of hydrogen-bond donors (Lipinski definition) is 1. The standard InChI is InChI=1S/C27H21F3N6O4S/c1-16-13-21(39-2)11-12-22(16)36-23(37)14-41-26(36)33-25(38)32-18-5-3-17(4-6-18)24-31-15-35(34-24)19-7-9-20(10-8-19)40-27(28,29)30/h3-13,15H,14H2,1-2H3,(H,32,38)/b33-26-. The average molecular weight is 583 g/mol. The lowest BCUT2D eigenvalue weighted by Gasteiger charge is -2.18. The molecule has 1 aliphatic heterocycles. The number of methoxy groups -OCH3 is 1. The van der Waals surface area contributed by atoms with Crippen molar-refractivity contribution < 1.29 is 32.2 Å². The van der Waals surface area contributed by atoms with Crippen molar-refractivity contribution in [2.24, 2.45) is 4.99 Å². The maximum Gasteiger partial charge on any atom is 0.573 e. The molecule has 210 valence electrons. The van der Waals surface area contributed by atoms with E-state index in [2.05, 4.69) is 25.1 Å². The number of carbonyl (C=O) groups excluding carboxylic acids is 2. The number of aryl methyl sites for hydroxylation is 1. The van der Waals surface area contributed by atoms with Gasteiger partial charge in [-0.3, -0.25) is 9.69 Å². The molecule has 0 aliphatic carbocycles. The summed E-state index contributed by atoms with van der Waals surface area (Å²) in [5.41, 5.74) is 3.01. The third-order valence-corrected chi connectivity index (χ3v) is 6.75. The molecule has 5 rings (SSSR count). The van der Waals surface area contributed by atoms with Gasteiger partial charge in [0.15, 0.2) is 11.0 Å². The molecular weight excluding hydrogens is 561 g/mol. The number of hydrogen-bond acceptors (Lipinski definition) is 7. The maximum absolute atomic E-state index is 12.7. The van der Waals surface area contributed by atoms with E-state index in [-0.39, 0.29) is 22.6 Å². The second-order valence-electron chi connectivity index (χ2n) is 8.63. The lowest BCUT2D eigenvalue weighted by molar-refractivity contribution is -0.274. The summed E-state index contributed by atoms with van der Waals surface area (Å²) in [6.45, 7) is 1.84. The maximum atomic E-state index is 12.7. The van der Waals surface area contributed by atoms with Crippen LogP contribution in [0.15, 0.2) is 78.0 Å². The summed E-state index contributed by atoms with van der Waals surface area (Å²) in [7, 11) is 1.56. The molecule has 1 aliphatic rings. The van der Waals surface area contributed by atoms with E-state index < -0.39 is 12.4 Å². The van der Waals surface area contributed by atoms with Crippen LogP contribution < -0.4 is 19.7 Å². The van der Waals surface area contributed by atoms with Crippen LogP contribution in [-0.4, -0.2) is 51.1 Å². The minimum absolute atomic E-state index is 0.164. The Morgan fingerprint density at radius 1 is 1.05 bits per heavy atom. The van der Waals surface area contributed by atoms with Crippen molar-refractivity contribution >= 4 is 40.2 Å². The molecule has 4 aromatic rings. The fraction of sp³-hybridized carbons (Fsp3) is 0.148. The van der Waals surface area contributed by atoms with E-state index in [9.17, 15) is 22.8 Å². The summed E-state index contributed by atoms with van der Waals surface area (Å²) in [5.74, 6) is 0.658. The van der Waals surface area contributed by atoms with E-state index >= 15 is 0 Å². The van der Waals surface area contributed by atoms with Crippen LogP contribution in [0.3, 0.4) is 0 Å². The summed E-state index contributed by atoms with van der Waals surface area (Å²) in [6, 6.07) is 16.5. The first-order valence-corrected chi connectivity index (χ1v) is 13.0. The summed E-state index contributed by atoms with van der Waals surface area (Å²) < 4.78 is 47.6. The zero-order chi connectivity index (χ0) is 29.1. The smallest absolute Gasteiger partial charge is 0.497 e. The van der Waals surface area contributed by atoms with Gasteiger partial charge in [-0.05, 0) is 79.2 Å². The van der Waals surface area contributed by atoms with Gasteiger partial charge in [0.1, 0.15) is 17.8 Å². The van der Waals surface area contributed by atoms with Crippen molar-refractivity contribution in [2.45, 2.75) is 13.3 Å². The number of anilines is 2. The molecule has 10 nitrogen and oxygen atoms in total. The molecule has 3 aromatic carbocycles. The van der Waals surface area contributed by atoms with E-state index in [1.807, 2.05) is 6.92 Å². The number of nitrogens with zero attached hydrogens (tertiary/aromatic N) is 5. The van der Waals surface area contributed by atoms with Gasteiger partial charge < -0.3 is 14.8 Å². The van der Waals surface area contributed by atoms with Crippen LogP contribution in [-0.2, 0) is 4.79 Å². The van der Waals surface area contributed by atoms with Crippen molar-refractivity contribution in [3.05, 3.63) is 78.6 Å². The van der Waals surface area contributed by atoms with Crippen LogP contribution in [0.2, 0.25) is 0 Å². The minimum atomic E-state index is -4.77. The predicted octanol–water partition coefficient (Wildman–Crippen LogP) is 5.82. The molecular formula is C27H21F3N6O4S. The number of thioether (sulfide) groups is 1. The lowest BCUT2D eigenvalue weighted by Crippen LogP contribution is -2.30. The average Bonchev–Trinajstić information content (AvgIpc) is 3.56. The van der Waals surface area contributed by atoms with Crippen LogP contribution in [0.25, 0.3) is 17.1 Å². The van der Waals surface area contributed by atoms with Crippen LogP contribution in [0, 0.1) is 6.92 Å². The van der Waals surface area contributed by atoms with Gasteiger partial charge in [0, 0.05) is 11.3 Å². The van der Waals surface area contributed by atoms with E-state index in [0.717, 1.165) is 5.56 Å². The summed E-state index contributed by atoms with van der Waals surface area (Å²) in [5, 5.41) is 7.31. The van der Waals surface area contributed by atoms with Crippen LogP contribution in [0.5, 0.6) is 11.5 Å². The Labute approximate surface area is 235 Å². The number of ether oxygens (including phenoxy) is 2. The monoisotopic (exact) mass is 582 g/mol. The van der Waals surface area contributed by atoms with Crippen molar-refractivity contribution in [2.75, 3.05) is 23.1 Å². The van der Waals surface area contributed by atoms with Gasteiger partial charge in [0.2, 0.25) is 5.91 Å². The first-order chi connectivity index (χ1) is 19.6. The molecule has 3 amide bonds. The first-order valence-electron chi connectivity index (χ1n) is 12.0. The number of amides is 3. The second-order valence-corrected chi connectivity index (χ2v) is 9.57. The Bertz CT molecular complexity index is 1620. The normalized spacial score (nSPS) is 14.4. The van der Waals surface area contributed by atoms with E-state index in [0.29, 0.717) is 34.2 Å². The van der Waals surface area contributed by atoms with Crippen molar-refractivity contribution in [1.29, 1.82) is 0 Å². The third-order valence-electron chi connectivity index (χ3n) is 5.83. The molecule has 1 N–H and O–H groups in total. The molecule has 0 spiro atoms. The van der Waals surface area contributed by atoms with Gasteiger partial charge in [-0.25, -0.2) is 14.5 Å². The number of rotatable bonds is 6. The van der Waals surface area contributed by atoms with E-state index in [4.69, 9.17) is 4.74 Å². The zero-order valence-corrected chi connectivity index (χ0v) is 22.4. The number of alkyl halides is 3. The highest BCUT2D eigenvalue weighted by atomic mass is 32.2. The van der Waals surface area contributed by atoms with Crippen LogP contribution in [0.1, 0.15) is 5.56 Å². The molecule has 2 heterocycles. The molecule has 0 atom stereocenters. The minimum Gasteiger partial charge on any atom is -0.497 e. The Kier molecular flexibility index (Phi) is 7.66. The van der Waals surface area contributed by atoms with Gasteiger partial charge in [-0.15, -0.1) is 18.3 Å². The number of benzene rings is 3. The van der Waals surface area contributed by atoms with Crippen LogP contribution in [0.4, 0.5) is 29.3 Å². The van der Waals surface area contributed by atoms with Crippen molar-refractivity contribution in [1.82, 2.24) is 14.8 Å². The Balaban J connectivity index is 1.25. The lowest BCUT2D eigenvalue weighted by atomic mass is 10.1. The second kappa shape index (κ2) is 11.3. The third kappa shape index (κ3) is 6.49. The molecule has 0 unspecified atom stereocenters.